The van der Waals surface area contributed by atoms with Crippen LogP contribution < -0.4 is 9.64 Å². The number of rotatable bonds is 4. The zero-order chi connectivity index (χ0) is 11.4. The van der Waals surface area contributed by atoms with E-state index >= 15 is 0 Å². The van der Waals surface area contributed by atoms with Gasteiger partial charge in [-0.25, -0.2) is 0 Å². The molecule has 0 saturated heterocycles. The number of benzene rings is 1. The predicted molar refractivity (Wildman–Crippen MR) is 63.1 cm³/mol. The number of ether oxygens (including phenoxy) is 1. The van der Waals surface area contributed by atoms with Gasteiger partial charge in [0.2, 0.25) is 0 Å². The van der Waals surface area contributed by atoms with Gasteiger partial charge >= 0.3 is 0 Å². The Balaban J connectivity index is 3.09. The van der Waals surface area contributed by atoms with Crippen LogP contribution in [0.3, 0.4) is 0 Å². The highest BCUT2D eigenvalue weighted by Gasteiger charge is 2.10. The molecule has 1 aromatic carbocycles. The molecular formula is C11H16ClNO2. The molecule has 84 valence electrons. The Morgan fingerprint density at radius 2 is 2.13 bits per heavy atom. The van der Waals surface area contributed by atoms with Gasteiger partial charge in [-0.3, -0.25) is 0 Å². The van der Waals surface area contributed by atoms with Gasteiger partial charge in [0.25, 0.3) is 0 Å². The van der Waals surface area contributed by atoms with Gasteiger partial charge in [-0.1, -0.05) is 11.6 Å². The van der Waals surface area contributed by atoms with Crippen LogP contribution in [0.2, 0.25) is 5.02 Å². The average Bonchev–Trinajstić information content (AvgIpc) is 2.21. The summed E-state index contributed by atoms with van der Waals surface area (Å²) >= 11 is 6.00. The van der Waals surface area contributed by atoms with E-state index in [9.17, 15) is 0 Å². The SMILES string of the molecule is COc1cc(Cl)c(C)cc1N(C)CCO. The monoisotopic (exact) mass is 229 g/mol. The van der Waals surface area contributed by atoms with Crippen molar-refractivity contribution >= 4 is 17.3 Å². The Morgan fingerprint density at radius 3 is 2.67 bits per heavy atom. The quantitative estimate of drug-likeness (QED) is 0.858. The fourth-order valence-corrected chi connectivity index (χ4v) is 1.53. The summed E-state index contributed by atoms with van der Waals surface area (Å²) in [6, 6.07) is 3.75. The lowest BCUT2D eigenvalue weighted by Gasteiger charge is -2.21. The maximum absolute atomic E-state index is 8.88. The molecule has 0 amide bonds. The zero-order valence-electron chi connectivity index (χ0n) is 9.25. The van der Waals surface area contributed by atoms with Crippen LogP contribution in [0.5, 0.6) is 5.75 Å². The first kappa shape index (κ1) is 12.1. The van der Waals surface area contributed by atoms with Crippen LogP contribution in [0.4, 0.5) is 5.69 Å². The minimum Gasteiger partial charge on any atom is -0.495 e. The standard InChI is InChI=1S/C11H16ClNO2/c1-8-6-10(13(2)4-5-14)11(15-3)7-9(8)12/h6-7,14H,4-5H2,1-3H3. The number of anilines is 1. The molecule has 15 heavy (non-hydrogen) atoms. The lowest BCUT2D eigenvalue weighted by Crippen LogP contribution is -2.21. The van der Waals surface area contributed by atoms with Crippen LogP contribution in [0.15, 0.2) is 12.1 Å². The molecule has 1 rings (SSSR count). The summed E-state index contributed by atoms with van der Waals surface area (Å²) in [6.07, 6.45) is 0. The third-order valence-corrected chi connectivity index (χ3v) is 2.71. The molecule has 0 radical (unpaired) electrons. The molecule has 1 aromatic rings. The van der Waals surface area contributed by atoms with Gasteiger partial charge in [0.15, 0.2) is 0 Å². The Hall–Kier alpha value is -0.930. The van der Waals surface area contributed by atoms with Crippen LogP contribution in [0, 0.1) is 6.92 Å². The normalized spacial score (nSPS) is 10.2. The summed E-state index contributed by atoms with van der Waals surface area (Å²) in [4.78, 5) is 1.93. The Morgan fingerprint density at radius 1 is 1.47 bits per heavy atom. The van der Waals surface area contributed by atoms with Crippen LogP contribution >= 0.6 is 11.6 Å². The van der Waals surface area contributed by atoms with E-state index in [0.717, 1.165) is 17.0 Å². The fourth-order valence-electron chi connectivity index (χ4n) is 1.38. The van der Waals surface area contributed by atoms with E-state index in [1.165, 1.54) is 0 Å². The lowest BCUT2D eigenvalue weighted by atomic mass is 10.2. The summed E-state index contributed by atoms with van der Waals surface area (Å²) in [7, 11) is 3.51. The molecule has 0 saturated carbocycles. The number of nitrogens with zero attached hydrogens (tertiary/aromatic N) is 1. The number of hydrogen-bond acceptors (Lipinski definition) is 3. The van der Waals surface area contributed by atoms with Crippen molar-refractivity contribution < 1.29 is 9.84 Å². The van der Waals surface area contributed by atoms with Crippen molar-refractivity contribution in [1.82, 2.24) is 0 Å². The molecule has 0 aliphatic rings. The third kappa shape index (κ3) is 2.76. The van der Waals surface area contributed by atoms with Crippen LogP contribution in [-0.4, -0.2) is 32.4 Å². The zero-order valence-corrected chi connectivity index (χ0v) is 10.0. The molecule has 0 bridgehead atoms. The van der Waals surface area contributed by atoms with Gasteiger partial charge in [-0.05, 0) is 18.6 Å². The number of aliphatic hydroxyl groups excluding tert-OH is 1. The van der Waals surface area contributed by atoms with E-state index in [2.05, 4.69) is 0 Å². The number of hydrogen-bond donors (Lipinski definition) is 1. The second-order valence-corrected chi connectivity index (χ2v) is 3.83. The highest BCUT2D eigenvalue weighted by Crippen LogP contribution is 2.32. The van der Waals surface area contributed by atoms with Crippen molar-refractivity contribution in [1.29, 1.82) is 0 Å². The van der Waals surface area contributed by atoms with E-state index < -0.39 is 0 Å². The molecule has 3 nitrogen and oxygen atoms in total. The van der Waals surface area contributed by atoms with Gasteiger partial charge in [0.1, 0.15) is 5.75 Å². The molecule has 0 heterocycles. The number of likely N-dealkylation sites (N-methyl/N-ethyl adjacent to an activating group) is 1. The van der Waals surface area contributed by atoms with Gasteiger partial charge in [-0.15, -0.1) is 0 Å². The molecule has 0 aliphatic carbocycles. The Kier molecular flexibility index (Phi) is 4.24. The fraction of sp³-hybridized carbons (Fsp3) is 0.455. The highest BCUT2D eigenvalue weighted by atomic mass is 35.5. The minimum absolute atomic E-state index is 0.112. The molecular weight excluding hydrogens is 214 g/mol. The van der Waals surface area contributed by atoms with Crippen LogP contribution in [0.25, 0.3) is 0 Å². The molecule has 0 unspecified atom stereocenters. The lowest BCUT2D eigenvalue weighted by molar-refractivity contribution is 0.303. The maximum atomic E-state index is 8.88. The van der Waals surface area contributed by atoms with Crippen molar-refractivity contribution in [2.45, 2.75) is 6.92 Å². The molecule has 0 fully saturated rings. The van der Waals surface area contributed by atoms with Gasteiger partial charge in [-0.2, -0.15) is 0 Å². The van der Waals surface area contributed by atoms with E-state index in [1.807, 2.05) is 24.9 Å². The van der Waals surface area contributed by atoms with Crippen molar-refractivity contribution in [3.8, 4) is 5.75 Å². The number of halogens is 1. The van der Waals surface area contributed by atoms with Crippen molar-refractivity contribution in [2.24, 2.45) is 0 Å². The van der Waals surface area contributed by atoms with Crippen molar-refractivity contribution in [2.75, 3.05) is 32.2 Å². The van der Waals surface area contributed by atoms with Gasteiger partial charge < -0.3 is 14.7 Å². The molecule has 0 aliphatic heterocycles. The molecule has 0 aromatic heterocycles. The average molecular weight is 230 g/mol. The van der Waals surface area contributed by atoms with Crippen molar-refractivity contribution in [3.05, 3.63) is 22.7 Å². The van der Waals surface area contributed by atoms with Gasteiger partial charge in [0, 0.05) is 24.7 Å². The number of aryl methyl sites for hydroxylation is 1. The summed E-state index contributed by atoms with van der Waals surface area (Å²) in [6.45, 7) is 2.62. The van der Waals surface area contributed by atoms with Gasteiger partial charge in [0.05, 0.1) is 19.4 Å². The summed E-state index contributed by atoms with van der Waals surface area (Å²) in [5.41, 5.74) is 1.94. The van der Waals surface area contributed by atoms with E-state index in [0.29, 0.717) is 11.6 Å². The predicted octanol–water partition coefficient (Wildman–Crippen LogP) is 2.09. The largest absolute Gasteiger partial charge is 0.495 e. The topological polar surface area (TPSA) is 32.7 Å². The first-order valence-corrected chi connectivity index (χ1v) is 5.14. The van der Waals surface area contributed by atoms with E-state index in [-0.39, 0.29) is 6.61 Å². The van der Waals surface area contributed by atoms with E-state index in [1.54, 1.807) is 13.2 Å². The number of aliphatic hydroxyl groups is 1. The first-order chi connectivity index (χ1) is 7.10. The molecule has 4 heteroatoms. The second kappa shape index (κ2) is 5.24. The third-order valence-electron chi connectivity index (χ3n) is 2.31. The van der Waals surface area contributed by atoms with Crippen molar-refractivity contribution in [3.63, 3.8) is 0 Å². The molecule has 1 N–H and O–H groups in total. The Bertz CT molecular complexity index is 342. The summed E-state index contributed by atoms with van der Waals surface area (Å²) < 4.78 is 5.24. The van der Waals surface area contributed by atoms with E-state index in [4.69, 9.17) is 21.4 Å². The Labute approximate surface area is 95.2 Å². The minimum atomic E-state index is 0.112. The summed E-state index contributed by atoms with van der Waals surface area (Å²) in [5, 5.41) is 9.56. The highest BCUT2D eigenvalue weighted by molar-refractivity contribution is 6.31. The smallest absolute Gasteiger partial charge is 0.143 e. The maximum Gasteiger partial charge on any atom is 0.143 e. The number of methoxy groups -OCH3 is 1. The first-order valence-electron chi connectivity index (χ1n) is 4.76. The second-order valence-electron chi connectivity index (χ2n) is 3.42. The van der Waals surface area contributed by atoms with Crippen LogP contribution in [-0.2, 0) is 0 Å². The molecule has 0 atom stereocenters. The molecule has 0 spiro atoms. The summed E-state index contributed by atoms with van der Waals surface area (Å²) in [5.74, 6) is 0.724. The van der Waals surface area contributed by atoms with Crippen LogP contribution in [0.1, 0.15) is 5.56 Å².